The molecule has 0 aliphatic carbocycles. The summed E-state index contributed by atoms with van der Waals surface area (Å²) in [5, 5.41) is 190. The van der Waals surface area contributed by atoms with Crippen LogP contribution in [0.1, 0.15) is 208 Å². The highest BCUT2D eigenvalue weighted by Gasteiger charge is 2.13. The van der Waals surface area contributed by atoms with Crippen molar-refractivity contribution in [1.29, 1.82) is 0 Å². The molecule has 0 spiro atoms. The Hall–Kier alpha value is -9.54. The van der Waals surface area contributed by atoms with Crippen LogP contribution >= 0.6 is 0 Å². The van der Waals surface area contributed by atoms with Crippen molar-refractivity contribution in [2.24, 2.45) is 0 Å². The van der Waals surface area contributed by atoms with E-state index in [9.17, 15) is 91.9 Å². The highest BCUT2D eigenvalue weighted by Crippen LogP contribution is 2.24. The van der Waals surface area contributed by atoms with Gasteiger partial charge in [-0.25, -0.2) is 0 Å². The van der Waals surface area contributed by atoms with Crippen molar-refractivity contribution < 1.29 is 195 Å². The second-order valence-electron chi connectivity index (χ2n) is 18.0. The molecule has 9 rings (SSSR count). The third kappa shape index (κ3) is 42.7. The number of phenols is 9. The summed E-state index contributed by atoms with van der Waals surface area (Å²) in [6.45, 7) is -40.4. The van der Waals surface area contributed by atoms with Gasteiger partial charge in [0.1, 0.15) is 51.7 Å². The zero-order valence-electron chi connectivity index (χ0n) is 129. The van der Waals surface area contributed by atoms with E-state index >= 15 is 0 Å². The molecular formula is C81H117N9O18. The van der Waals surface area contributed by atoms with Gasteiger partial charge in [-0.15, -0.1) is 0 Å². The number of aliphatic hydroxyl groups is 9. The quantitative estimate of drug-likeness (QED) is 0.0289. The van der Waals surface area contributed by atoms with Crippen molar-refractivity contribution in [3.8, 4) is 51.7 Å². The molecule has 4 unspecified atom stereocenters. The van der Waals surface area contributed by atoms with Crippen LogP contribution in [0, 0.1) is 0 Å². The number of benzene rings is 9. The third-order valence-electron chi connectivity index (χ3n) is 10.4. The largest absolute Gasteiger partial charge is 0.508 e. The Labute approximate surface area is 739 Å². The summed E-state index contributed by atoms with van der Waals surface area (Å²) in [6.07, 6.45) is -21.6. The summed E-state index contributed by atoms with van der Waals surface area (Å²) in [7, 11) is 0. The molecule has 0 fully saturated rings. The highest BCUT2D eigenvalue weighted by atomic mass is 16.3. The average molecular weight is 1580 g/mol. The molecule has 0 bridgehead atoms. The first-order chi connectivity index (χ1) is 81.3. The van der Waals surface area contributed by atoms with Crippen molar-refractivity contribution in [3.05, 3.63) is 268 Å². The average Bonchev–Trinajstić information content (AvgIpc) is 0.739. The van der Waals surface area contributed by atoms with Crippen LogP contribution in [-0.4, -0.2) is 213 Å². The molecular weight excluding hydrogens is 1390 g/mol. The predicted octanol–water partition coefficient (Wildman–Crippen LogP) is 5.81. The molecule has 0 radical (unpaired) electrons. The van der Waals surface area contributed by atoms with E-state index < -0.39 is 479 Å². The van der Waals surface area contributed by atoms with Gasteiger partial charge in [-0.2, -0.15) is 0 Å². The number of aromatic hydroxyl groups is 9. The van der Waals surface area contributed by atoms with Gasteiger partial charge in [-0.05, 0) is 222 Å². The molecule has 0 aromatic heterocycles. The van der Waals surface area contributed by atoms with E-state index in [0.717, 1.165) is 0 Å². The molecule has 0 saturated carbocycles. The Kier molecular flexibility index (Phi) is 16.6. The SMILES string of the molecule is [2H]c1c([2H])c(O)c([2H])c(C(O)C([2H])([2H])NC([2H])([2H])[2H])c1[2H].[2H]c1c([2H])c(O)c([2H])c(C(O)CNC([2H])([2H])[2H])c1[2H].[2H]c1c([2H])c(O)c([2H])c(C([2H])(O)C([2H])([2H])NC([2H])([2H])[2H])c1[2H].[2H]c1c([2H])c(O)c([2H])c(C([2H])(O)CNC([2H])([2H])[2H])c1[2H].[2H]c1c([2H])c(O)c([2H])c([C@@H](O)C([2H])([2H])NC([2H])([2H])[2H])c1[2H].[2H]c1c([2H])c(O)c([2H])c([C@@H](O)CNC([2H])([2H])[2H])c1[2H].[2H]c1c([2H])c(O)c([2H])c([C@@]([2H])(O)C([2H])([2H])NC([2H])([2H])[2H])c1[2H].[2H]c1c([2H])c(O)c([2H])c([C@@]([2H])(O)CNC([2H])([2H])[2H])c1[2H].[2H]c1c([2H])c(O)c([2H])c([C@H](O)CNC([2H])([2H])[2H])c1[2H]. The second kappa shape index (κ2) is 57.6. The van der Waals surface area contributed by atoms with Gasteiger partial charge in [0.25, 0.3) is 0 Å². The van der Waals surface area contributed by atoms with Crippen LogP contribution in [0.4, 0.5) is 0 Å². The number of hydrogen-bond donors (Lipinski definition) is 27. The second-order valence-corrected chi connectivity index (χ2v) is 18.0. The van der Waals surface area contributed by atoms with E-state index in [0.29, 0.717) is 0 Å². The zero-order valence-corrected chi connectivity index (χ0v) is 54.5. The first kappa shape index (κ1) is 31.1. The molecule has 594 valence electrons. The Morgan fingerprint density at radius 1 is 0.231 bits per heavy atom. The molecule has 0 amide bonds. The van der Waals surface area contributed by atoms with Gasteiger partial charge in [-0.1, -0.05) is 109 Å². The fourth-order valence-corrected chi connectivity index (χ4v) is 5.84. The fraction of sp³-hybridized carbons (Fsp3) is 0.333. The lowest BCUT2D eigenvalue weighted by Crippen LogP contribution is -2.16. The van der Waals surface area contributed by atoms with Crippen LogP contribution in [-0.2, 0) is 0 Å². The smallest absolute Gasteiger partial charge is 0.115 e. The van der Waals surface area contributed by atoms with Gasteiger partial charge in [0.15, 0.2) is 0 Å². The third-order valence-corrected chi connectivity index (χ3v) is 10.4. The van der Waals surface area contributed by atoms with E-state index in [2.05, 4.69) is 0 Å². The fourth-order valence-electron chi connectivity index (χ4n) is 5.84. The Bertz CT molecular complexity index is 6810. The molecule has 9 aromatic carbocycles. The van der Waals surface area contributed by atoms with E-state index in [1.807, 2.05) is 26.6 Å². The summed E-state index contributed by atoms with van der Waals surface area (Å²) in [4.78, 5) is 0. The monoisotopic (exact) mass is 1580 g/mol. The van der Waals surface area contributed by atoms with Crippen molar-refractivity contribution in [1.82, 2.24) is 47.9 Å². The lowest BCUT2D eigenvalue weighted by molar-refractivity contribution is 0.177. The number of phenolic OH excluding ortho intramolecular Hbond substituents is 9. The molecule has 108 heavy (non-hydrogen) atoms. The van der Waals surface area contributed by atoms with Crippen LogP contribution in [0.25, 0.3) is 0 Å². The molecule has 0 saturated heterocycles. The van der Waals surface area contributed by atoms with Crippen molar-refractivity contribution >= 4 is 0 Å². The first-order valence-electron chi connectivity index (χ1n) is 65.7. The van der Waals surface area contributed by atoms with Gasteiger partial charge >= 0.3 is 0 Å². The van der Waals surface area contributed by atoms with E-state index in [-0.39, 0.29) is 16.7 Å². The minimum atomic E-state index is -3.48. The van der Waals surface area contributed by atoms with Gasteiger partial charge in [-0.3, -0.25) is 0 Å². The summed E-state index contributed by atoms with van der Waals surface area (Å²) >= 11 is 0. The number of aliphatic hydroxyl groups excluding tert-OH is 5. The standard InChI is InChI=1S/9C9H13NO2/c9*1-10-6-9(12)7-3-2-4-8(11)5-7/h9*2-5,9-12H,6H2,1H3/t5*9-;;;;/m10000..../s1/i1D3,2D,3D,4D,5D;1D3,2D,3D,4D,5D,6D2,9D;1D3,2D,3D,4D,5D,9D;1D3,2D,3D,4D,5D,6D2;1D3,2D,3D,4D,5D;1D3,2D,3D,4D,5D,6D2,9D;1D3,2D,3D,4D,5D,9D;1D3,2D,3D,4D,5D,6D2;1D3,2D,3D,4D,5D. The summed E-state index contributed by atoms with van der Waals surface area (Å²) in [5.41, 5.74) is -6.37. The molecule has 27 heteroatoms. The topological polar surface area (TPSA) is 472 Å². The molecule has 0 aliphatic heterocycles. The van der Waals surface area contributed by atoms with Crippen molar-refractivity contribution in [2.75, 3.05) is 121 Å². The van der Waals surface area contributed by atoms with Gasteiger partial charge < -0.3 is 140 Å². The van der Waals surface area contributed by atoms with Crippen molar-refractivity contribution in [3.63, 3.8) is 0 Å². The summed E-state index contributed by atoms with van der Waals surface area (Å²) < 4.78 is 546. The van der Waals surface area contributed by atoms with Crippen LogP contribution in [0.2, 0.25) is 0 Å². The maximum absolute atomic E-state index is 10.1. The molecule has 9 aromatic rings. The maximum Gasteiger partial charge on any atom is 0.115 e. The van der Waals surface area contributed by atoms with Crippen molar-refractivity contribution in [2.45, 2.75) is 54.8 Å². The Morgan fingerprint density at radius 2 is 0.398 bits per heavy atom. The molecule has 27 nitrogen and oxygen atoms in total. The van der Waals surface area contributed by atoms with Crippen LogP contribution < -0.4 is 47.9 Å². The number of nitrogens with one attached hydrogen (secondary N) is 9. The van der Waals surface area contributed by atoms with E-state index in [1.165, 1.54) is 21.3 Å². The lowest BCUT2D eigenvalue weighted by Gasteiger charge is -2.09. The van der Waals surface area contributed by atoms with Gasteiger partial charge in [0.05, 0.1) is 110 Å². The van der Waals surface area contributed by atoms with Crippen LogP contribution in [0.3, 0.4) is 0 Å². The van der Waals surface area contributed by atoms with Crippen LogP contribution in [0.5, 0.6) is 51.7 Å². The van der Waals surface area contributed by atoms with Gasteiger partial charge in [0.2, 0.25) is 0 Å². The molecule has 0 aliphatic rings. The summed E-state index contributed by atoms with van der Waals surface area (Å²) in [6, 6.07) is -28.4. The number of hydrogen-bond acceptors (Lipinski definition) is 27. The van der Waals surface area contributed by atoms with E-state index in [1.54, 1.807) is 0 Å². The molecule has 0 heterocycles. The normalized spacial score (nSPS) is 25.6. The zero-order chi connectivity index (χ0) is 145. The lowest BCUT2D eigenvalue weighted by atomic mass is 10.1. The molecule has 27 N–H and O–H groups in total. The predicted molar refractivity (Wildman–Crippen MR) is 423 cm³/mol. The Morgan fingerprint density at radius 3 is 0.611 bits per heavy atom. The molecule has 9 atom stereocenters. The van der Waals surface area contributed by atoms with Crippen LogP contribution in [0.15, 0.2) is 218 Å². The Balaban J connectivity index is 0.00000103. The number of likely N-dealkylation sites (N-methyl/N-ethyl adjacent to an activating group) is 9. The minimum absolute atomic E-state index is 0.379. The van der Waals surface area contributed by atoms with Gasteiger partial charge in [0, 0.05) is 107 Å². The highest BCUT2D eigenvalue weighted by molar-refractivity contribution is 5.35. The number of rotatable bonds is 27. The first-order valence-corrected chi connectivity index (χ1v) is 28.2. The summed E-state index contributed by atoms with van der Waals surface area (Å²) in [5.74, 6) is -8.56. The van der Waals surface area contributed by atoms with E-state index in [4.69, 9.17) is 103 Å². The minimum Gasteiger partial charge on any atom is -0.508 e. The maximum atomic E-state index is 10.1.